The molecule has 8 heteroatoms. The predicted octanol–water partition coefficient (Wildman–Crippen LogP) is 1.24. The van der Waals surface area contributed by atoms with Crippen LogP contribution in [-0.2, 0) is 6.54 Å². The molecular formula is C13H16N4O4. The van der Waals surface area contributed by atoms with Crippen molar-refractivity contribution in [3.8, 4) is 5.75 Å². The second-order valence-corrected chi connectivity index (χ2v) is 4.58. The highest BCUT2D eigenvalue weighted by atomic mass is 16.6. The molecule has 0 radical (unpaired) electrons. The van der Waals surface area contributed by atoms with Crippen LogP contribution >= 0.6 is 0 Å². The molecule has 1 atom stereocenters. The van der Waals surface area contributed by atoms with Gasteiger partial charge in [0, 0.05) is 6.07 Å². The van der Waals surface area contributed by atoms with Crippen LogP contribution in [0.4, 0.5) is 5.69 Å². The van der Waals surface area contributed by atoms with Gasteiger partial charge in [0.1, 0.15) is 24.4 Å². The summed E-state index contributed by atoms with van der Waals surface area (Å²) in [5, 5.41) is 24.9. The number of aliphatic hydroxyl groups excluding tert-OH is 1. The summed E-state index contributed by atoms with van der Waals surface area (Å²) >= 11 is 0. The van der Waals surface area contributed by atoms with Crippen LogP contribution < -0.4 is 4.74 Å². The lowest BCUT2D eigenvalue weighted by Gasteiger charge is -2.13. The number of hydrogen-bond donors (Lipinski definition) is 1. The second kappa shape index (κ2) is 6.31. The van der Waals surface area contributed by atoms with Crippen molar-refractivity contribution in [2.45, 2.75) is 26.5 Å². The van der Waals surface area contributed by atoms with Crippen LogP contribution in [0.2, 0.25) is 0 Å². The maximum absolute atomic E-state index is 10.8. The van der Waals surface area contributed by atoms with Crippen molar-refractivity contribution in [3.05, 3.63) is 46.0 Å². The van der Waals surface area contributed by atoms with Crippen molar-refractivity contribution in [2.75, 3.05) is 6.61 Å². The fraction of sp³-hybridized carbons (Fsp3) is 0.385. The zero-order valence-electron chi connectivity index (χ0n) is 11.8. The van der Waals surface area contributed by atoms with E-state index in [1.165, 1.54) is 12.1 Å². The van der Waals surface area contributed by atoms with Gasteiger partial charge in [0.05, 0.1) is 11.5 Å². The van der Waals surface area contributed by atoms with Crippen molar-refractivity contribution in [3.63, 3.8) is 0 Å². The Bertz CT molecular complexity index is 641. The molecule has 112 valence electrons. The fourth-order valence-electron chi connectivity index (χ4n) is 1.90. The number of aromatic nitrogens is 3. The lowest BCUT2D eigenvalue weighted by atomic mass is 10.3. The molecule has 21 heavy (non-hydrogen) atoms. The van der Waals surface area contributed by atoms with E-state index in [1.807, 2.05) is 0 Å². The number of benzene rings is 1. The summed E-state index contributed by atoms with van der Waals surface area (Å²) in [6, 6.07) is 6.05. The van der Waals surface area contributed by atoms with E-state index in [1.54, 1.807) is 30.7 Å². The van der Waals surface area contributed by atoms with Gasteiger partial charge in [-0.1, -0.05) is 12.1 Å². The number of aryl methyl sites for hydroxylation is 2. The smallest absolute Gasteiger partial charge is 0.310 e. The Kier molecular flexibility index (Phi) is 4.49. The van der Waals surface area contributed by atoms with Gasteiger partial charge in [0.2, 0.25) is 0 Å². The van der Waals surface area contributed by atoms with Gasteiger partial charge in [0.25, 0.3) is 0 Å². The third kappa shape index (κ3) is 3.76. The molecule has 0 aliphatic heterocycles. The number of para-hydroxylation sites is 2. The summed E-state index contributed by atoms with van der Waals surface area (Å²) < 4.78 is 6.90. The van der Waals surface area contributed by atoms with Gasteiger partial charge in [-0.15, -0.1) is 0 Å². The molecule has 0 bridgehead atoms. The van der Waals surface area contributed by atoms with E-state index < -0.39 is 11.0 Å². The normalized spacial score (nSPS) is 12.1. The molecule has 2 aromatic rings. The second-order valence-electron chi connectivity index (χ2n) is 4.58. The van der Waals surface area contributed by atoms with Crippen LogP contribution in [-0.4, -0.2) is 37.5 Å². The Labute approximate surface area is 121 Å². The minimum Gasteiger partial charge on any atom is -0.484 e. The summed E-state index contributed by atoms with van der Waals surface area (Å²) in [6.45, 7) is 3.70. The molecule has 0 amide bonds. The highest BCUT2D eigenvalue weighted by Crippen LogP contribution is 2.25. The zero-order chi connectivity index (χ0) is 15.4. The van der Waals surface area contributed by atoms with E-state index in [0.717, 1.165) is 0 Å². The molecule has 1 N–H and O–H groups in total. The predicted molar refractivity (Wildman–Crippen MR) is 74.1 cm³/mol. The highest BCUT2D eigenvalue weighted by Gasteiger charge is 2.16. The van der Waals surface area contributed by atoms with Crippen LogP contribution in [0.15, 0.2) is 24.3 Å². The van der Waals surface area contributed by atoms with E-state index >= 15 is 0 Å². The standard InChI is InChI=1S/C13H16N4O4/c1-9-14-10(2)16(15-9)7-11(18)8-21-13-6-4-3-5-12(13)17(19)20/h3-6,11,18H,7-8H2,1-2H3. The molecule has 0 saturated heterocycles. The molecule has 1 aromatic carbocycles. The monoisotopic (exact) mass is 292 g/mol. The SMILES string of the molecule is Cc1nc(C)n(CC(O)COc2ccccc2[N+](=O)[O-])n1. The first-order valence-electron chi connectivity index (χ1n) is 6.39. The molecule has 1 heterocycles. The van der Waals surface area contributed by atoms with Gasteiger partial charge >= 0.3 is 5.69 Å². The summed E-state index contributed by atoms with van der Waals surface area (Å²) in [5.74, 6) is 1.45. The first-order valence-corrected chi connectivity index (χ1v) is 6.39. The molecular weight excluding hydrogens is 276 g/mol. The number of rotatable bonds is 6. The largest absolute Gasteiger partial charge is 0.484 e. The van der Waals surface area contributed by atoms with Crippen molar-refractivity contribution in [1.82, 2.24) is 14.8 Å². The van der Waals surface area contributed by atoms with Gasteiger partial charge in [-0.25, -0.2) is 9.67 Å². The summed E-state index contributed by atoms with van der Waals surface area (Å²) in [6.07, 6.45) is -0.843. The first-order chi connectivity index (χ1) is 9.97. The minimum absolute atomic E-state index is 0.0663. The van der Waals surface area contributed by atoms with E-state index in [-0.39, 0.29) is 24.6 Å². The van der Waals surface area contributed by atoms with Crippen LogP contribution in [0.25, 0.3) is 0 Å². The van der Waals surface area contributed by atoms with E-state index in [4.69, 9.17) is 4.74 Å². The Morgan fingerprint density at radius 1 is 1.43 bits per heavy atom. The highest BCUT2D eigenvalue weighted by molar-refractivity contribution is 5.45. The van der Waals surface area contributed by atoms with Gasteiger partial charge in [0.15, 0.2) is 5.75 Å². The van der Waals surface area contributed by atoms with Crippen molar-refractivity contribution in [1.29, 1.82) is 0 Å². The zero-order valence-corrected chi connectivity index (χ0v) is 11.8. The maximum Gasteiger partial charge on any atom is 0.310 e. The number of ether oxygens (including phenoxy) is 1. The van der Waals surface area contributed by atoms with Gasteiger partial charge in [-0.05, 0) is 19.9 Å². The third-order valence-corrected chi connectivity index (χ3v) is 2.84. The maximum atomic E-state index is 10.8. The summed E-state index contributed by atoms with van der Waals surface area (Å²) in [7, 11) is 0. The van der Waals surface area contributed by atoms with Gasteiger partial charge in [-0.3, -0.25) is 10.1 Å². The van der Waals surface area contributed by atoms with E-state index in [9.17, 15) is 15.2 Å². The van der Waals surface area contributed by atoms with Crippen LogP contribution in [0.1, 0.15) is 11.6 Å². The first kappa shape index (κ1) is 14.9. The topological polar surface area (TPSA) is 103 Å². The molecule has 0 fully saturated rings. The summed E-state index contributed by atoms with van der Waals surface area (Å²) in [4.78, 5) is 14.5. The number of nitro benzene ring substituents is 1. The Morgan fingerprint density at radius 3 is 2.76 bits per heavy atom. The van der Waals surface area contributed by atoms with Crippen molar-refractivity contribution >= 4 is 5.69 Å². The Hall–Kier alpha value is -2.48. The van der Waals surface area contributed by atoms with Crippen LogP contribution in [0.5, 0.6) is 5.75 Å². The lowest BCUT2D eigenvalue weighted by molar-refractivity contribution is -0.385. The molecule has 8 nitrogen and oxygen atoms in total. The molecule has 0 aliphatic carbocycles. The third-order valence-electron chi connectivity index (χ3n) is 2.84. The Morgan fingerprint density at radius 2 is 2.14 bits per heavy atom. The molecule has 0 aliphatic rings. The van der Waals surface area contributed by atoms with Gasteiger partial charge < -0.3 is 9.84 Å². The van der Waals surface area contributed by atoms with Crippen LogP contribution in [0, 0.1) is 24.0 Å². The fourth-order valence-corrected chi connectivity index (χ4v) is 1.90. The average Bonchev–Trinajstić information content (AvgIpc) is 2.74. The van der Waals surface area contributed by atoms with E-state index in [0.29, 0.717) is 11.6 Å². The number of nitro groups is 1. The molecule has 1 unspecified atom stereocenters. The number of aliphatic hydroxyl groups is 1. The Balaban J connectivity index is 1.97. The molecule has 0 spiro atoms. The minimum atomic E-state index is -0.843. The quantitative estimate of drug-likeness (QED) is 0.634. The molecule has 1 aromatic heterocycles. The number of nitrogens with zero attached hydrogens (tertiary/aromatic N) is 4. The number of hydrogen-bond acceptors (Lipinski definition) is 6. The van der Waals surface area contributed by atoms with Crippen LogP contribution in [0.3, 0.4) is 0 Å². The van der Waals surface area contributed by atoms with Crippen molar-refractivity contribution in [2.24, 2.45) is 0 Å². The molecule has 0 saturated carbocycles. The van der Waals surface area contributed by atoms with Crippen molar-refractivity contribution < 1.29 is 14.8 Å². The van der Waals surface area contributed by atoms with Gasteiger partial charge in [-0.2, -0.15) is 5.10 Å². The molecule has 2 rings (SSSR count). The lowest BCUT2D eigenvalue weighted by Crippen LogP contribution is -2.25. The average molecular weight is 292 g/mol. The van der Waals surface area contributed by atoms with E-state index in [2.05, 4.69) is 10.1 Å². The summed E-state index contributed by atoms with van der Waals surface area (Å²) in [5.41, 5.74) is -0.127.